The summed E-state index contributed by atoms with van der Waals surface area (Å²) in [5.41, 5.74) is 2.61. The molecule has 4 heteroatoms. The molecule has 1 fully saturated rings. The predicted octanol–water partition coefficient (Wildman–Crippen LogP) is 2.87. The SMILES string of the molecule is Cc1ccccc1N1CCN(C(=O)c2ccccc2)[C@@H](C)C1=O. The van der Waals surface area contributed by atoms with Gasteiger partial charge in [-0.1, -0.05) is 36.4 Å². The lowest BCUT2D eigenvalue weighted by molar-refractivity contribution is -0.124. The lowest BCUT2D eigenvalue weighted by Crippen LogP contribution is -2.57. The zero-order chi connectivity index (χ0) is 16.4. The van der Waals surface area contributed by atoms with Crippen LogP contribution in [-0.2, 0) is 4.79 Å². The van der Waals surface area contributed by atoms with Crippen LogP contribution in [0.4, 0.5) is 5.69 Å². The molecule has 2 amide bonds. The smallest absolute Gasteiger partial charge is 0.254 e. The number of aryl methyl sites for hydroxylation is 1. The summed E-state index contributed by atoms with van der Waals surface area (Å²) in [6.07, 6.45) is 0. The number of para-hydroxylation sites is 1. The molecule has 0 aliphatic carbocycles. The molecule has 2 aromatic rings. The molecule has 0 spiro atoms. The highest BCUT2D eigenvalue weighted by molar-refractivity contribution is 6.03. The van der Waals surface area contributed by atoms with Crippen molar-refractivity contribution in [2.24, 2.45) is 0 Å². The second-order valence-corrected chi connectivity index (χ2v) is 5.82. The van der Waals surface area contributed by atoms with Crippen LogP contribution in [0.25, 0.3) is 0 Å². The molecule has 1 aliphatic rings. The van der Waals surface area contributed by atoms with Crippen LogP contribution in [0, 0.1) is 6.92 Å². The van der Waals surface area contributed by atoms with Gasteiger partial charge in [0, 0.05) is 24.3 Å². The highest BCUT2D eigenvalue weighted by Crippen LogP contribution is 2.24. The second-order valence-electron chi connectivity index (χ2n) is 5.82. The Morgan fingerprint density at radius 3 is 2.35 bits per heavy atom. The van der Waals surface area contributed by atoms with Crippen molar-refractivity contribution in [3.63, 3.8) is 0 Å². The van der Waals surface area contributed by atoms with Crippen LogP contribution in [0.15, 0.2) is 54.6 Å². The first kappa shape index (κ1) is 15.3. The highest BCUT2D eigenvalue weighted by Gasteiger charge is 2.35. The zero-order valence-electron chi connectivity index (χ0n) is 13.4. The van der Waals surface area contributed by atoms with Gasteiger partial charge >= 0.3 is 0 Å². The van der Waals surface area contributed by atoms with Crippen molar-refractivity contribution in [3.8, 4) is 0 Å². The summed E-state index contributed by atoms with van der Waals surface area (Å²) in [6, 6.07) is 16.5. The third-order valence-electron chi connectivity index (χ3n) is 4.34. The van der Waals surface area contributed by atoms with E-state index < -0.39 is 6.04 Å². The van der Waals surface area contributed by atoms with Crippen LogP contribution < -0.4 is 4.90 Å². The number of carbonyl (C=O) groups is 2. The van der Waals surface area contributed by atoms with Crippen LogP contribution in [0.3, 0.4) is 0 Å². The van der Waals surface area contributed by atoms with E-state index in [1.165, 1.54) is 0 Å². The van der Waals surface area contributed by atoms with E-state index in [1.54, 1.807) is 28.9 Å². The minimum Gasteiger partial charge on any atom is -0.325 e. The first-order valence-corrected chi connectivity index (χ1v) is 7.82. The van der Waals surface area contributed by atoms with Crippen molar-refractivity contribution in [2.75, 3.05) is 18.0 Å². The maximum Gasteiger partial charge on any atom is 0.254 e. The molecular weight excluding hydrogens is 288 g/mol. The van der Waals surface area contributed by atoms with Gasteiger partial charge in [-0.2, -0.15) is 0 Å². The van der Waals surface area contributed by atoms with E-state index in [0.717, 1.165) is 11.3 Å². The van der Waals surface area contributed by atoms with E-state index in [2.05, 4.69) is 0 Å². The number of carbonyl (C=O) groups excluding carboxylic acids is 2. The number of hydrogen-bond donors (Lipinski definition) is 0. The number of benzene rings is 2. The average Bonchev–Trinajstić information content (AvgIpc) is 2.58. The fourth-order valence-corrected chi connectivity index (χ4v) is 3.00. The first-order valence-electron chi connectivity index (χ1n) is 7.82. The van der Waals surface area contributed by atoms with Crippen molar-refractivity contribution in [1.82, 2.24) is 4.90 Å². The summed E-state index contributed by atoms with van der Waals surface area (Å²) < 4.78 is 0. The molecule has 1 aliphatic heterocycles. The molecule has 2 aromatic carbocycles. The van der Waals surface area contributed by atoms with E-state index >= 15 is 0 Å². The molecular formula is C19H20N2O2. The van der Waals surface area contributed by atoms with E-state index in [9.17, 15) is 9.59 Å². The van der Waals surface area contributed by atoms with Gasteiger partial charge in [-0.3, -0.25) is 9.59 Å². The van der Waals surface area contributed by atoms with Crippen LogP contribution in [0.2, 0.25) is 0 Å². The van der Waals surface area contributed by atoms with Gasteiger partial charge in [0.2, 0.25) is 5.91 Å². The van der Waals surface area contributed by atoms with Crippen LogP contribution in [0.5, 0.6) is 0 Å². The van der Waals surface area contributed by atoms with Crippen molar-refractivity contribution in [3.05, 3.63) is 65.7 Å². The maximum absolute atomic E-state index is 12.8. The molecule has 0 unspecified atom stereocenters. The Kier molecular flexibility index (Phi) is 4.15. The topological polar surface area (TPSA) is 40.6 Å². The minimum absolute atomic E-state index is 0.0326. The predicted molar refractivity (Wildman–Crippen MR) is 90.5 cm³/mol. The number of nitrogens with zero attached hydrogens (tertiary/aromatic N) is 2. The van der Waals surface area contributed by atoms with Gasteiger partial charge < -0.3 is 9.80 Å². The number of piperazine rings is 1. The van der Waals surface area contributed by atoms with Crippen LogP contribution in [0.1, 0.15) is 22.8 Å². The fourth-order valence-electron chi connectivity index (χ4n) is 3.00. The van der Waals surface area contributed by atoms with Crippen molar-refractivity contribution < 1.29 is 9.59 Å². The van der Waals surface area contributed by atoms with E-state index in [1.807, 2.05) is 49.4 Å². The normalized spacial score (nSPS) is 18.2. The van der Waals surface area contributed by atoms with Gasteiger partial charge in [0.25, 0.3) is 5.91 Å². The molecule has 3 rings (SSSR count). The lowest BCUT2D eigenvalue weighted by atomic mass is 10.1. The Hall–Kier alpha value is -2.62. The summed E-state index contributed by atoms with van der Waals surface area (Å²) in [5, 5.41) is 0. The number of amides is 2. The third-order valence-corrected chi connectivity index (χ3v) is 4.34. The minimum atomic E-state index is -0.462. The quantitative estimate of drug-likeness (QED) is 0.856. The van der Waals surface area contributed by atoms with Gasteiger partial charge in [-0.15, -0.1) is 0 Å². The van der Waals surface area contributed by atoms with Gasteiger partial charge in [-0.05, 0) is 37.6 Å². The Morgan fingerprint density at radius 1 is 1.00 bits per heavy atom. The van der Waals surface area contributed by atoms with Crippen LogP contribution >= 0.6 is 0 Å². The summed E-state index contributed by atoms with van der Waals surface area (Å²) >= 11 is 0. The highest BCUT2D eigenvalue weighted by atomic mass is 16.2. The molecule has 0 saturated carbocycles. The van der Waals surface area contributed by atoms with E-state index in [-0.39, 0.29) is 11.8 Å². The Morgan fingerprint density at radius 2 is 1.65 bits per heavy atom. The van der Waals surface area contributed by atoms with E-state index in [0.29, 0.717) is 18.7 Å². The number of rotatable bonds is 2. The third kappa shape index (κ3) is 2.84. The van der Waals surface area contributed by atoms with Crippen LogP contribution in [-0.4, -0.2) is 35.8 Å². The zero-order valence-corrected chi connectivity index (χ0v) is 13.4. The van der Waals surface area contributed by atoms with Crippen molar-refractivity contribution in [1.29, 1.82) is 0 Å². The maximum atomic E-state index is 12.8. The molecule has 1 heterocycles. The summed E-state index contributed by atoms with van der Waals surface area (Å²) in [5.74, 6) is -0.120. The second kappa shape index (κ2) is 6.24. The molecule has 23 heavy (non-hydrogen) atoms. The van der Waals surface area contributed by atoms with E-state index in [4.69, 9.17) is 0 Å². The molecule has 118 valence electrons. The Bertz CT molecular complexity index is 727. The number of hydrogen-bond acceptors (Lipinski definition) is 2. The largest absolute Gasteiger partial charge is 0.325 e. The Labute approximate surface area is 136 Å². The average molecular weight is 308 g/mol. The standard InChI is InChI=1S/C19H20N2O2/c1-14-8-6-7-11-17(14)21-13-12-20(15(2)18(21)22)19(23)16-9-4-3-5-10-16/h3-11,15H,12-13H2,1-2H3/t15-/m0/s1. The van der Waals surface area contributed by atoms with Gasteiger partial charge in [-0.25, -0.2) is 0 Å². The number of anilines is 1. The molecule has 0 bridgehead atoms. The molecule has 0 N–H and O–H groups in total. The molecule has 1 saturated heterocycles. The molecule has 0 aromatic heterocycles. The monoisotopic (exact) mass is 308 g/mol. The summed E-state index contributed by atoms with van der Waals surface area (Å²) in [4.78, 5) is 28.8. The fraction of sp³-hybridized carbons (Fsp3) is 0.263. The molecule has 4 nitrogen and oxygen atoms in total. The van der Waals surface area contributed by atoms with Gasteiger partial charge in [0.05, 0.1) is 0 Å². The summed E-state index contributed by atoms with van der Waals surface area (Å²) in [7, 11) is 0. The molecule has 1 atom stereocenters. The van der Waals surface area contributed by atoms with Gasteiger partial charge in [0.1, 0.15) is 6.04 Å². The van der Waals surface area contributed by atoms with Crippen molar-refractivity contribution >= 4 is 17.5 Å². The molecule has 0 radical (unpaired) electrons. The first-order chi connectivity index (χ1) is 11.1. The van der Waals surface area contributed by atoms with Gasteiger partial charge in [0.15, 0.2) is 0 Å². The van der Waals surface area contributed by atoms with Crippen molar-refractivity contribution in [2.45, 2.75) is 19.9 Å². The summed E-state index contributed by atoms with van der Waals surface area (Å²) in [6.45, 7) is 4.85. The lowest BCUT2D eigenvalue weighted by Gasteiger charge is -2.39. The Balaban J connectivity index is 1.82.